The van der Waals surface area contributed by atoms with Crippen molar-refractivity contribution < 1.29 is 9.59 Å². The van der Waals surface area contributed by atoms with Crippen molar-refractivity contribution in [1.29, 1.82) is 5.41 Å². The minimum Gasteiger partial charge on any atom is -0.399 e. The van der Waals surface area contributed by atoms with E-state index in [4.69, 9.17) is 11.1 Å². The van der Waals surface area contributed by atoms with Gasteiger partial charge in [-0.05, 0) is 30.7 Å². The molecule has 0 saturated carbocycles. The molecule has 0 aliphatic carbocycles. The van der Waals surface area contributed by atoms with Crippen molar-refractivity contribution in [2.75, 3.05) is 5.73 Å². The number of carbonyl (C=O) groups excluding carboxylic acids is 2. The maximum atomic E-state index is 10.1. The van der Waals surface area contributed by atoms with Gasteiger partial charge in [-0.2, -0.15) is 0 Å². The normalized spacial score (nSPS) is 9.52. The molecule has 1 aromatic carbocycles. The molecule has 0 radical (unpaired) electrons. The number of fused-ring (bicyclic) bond motifs is 1. The summed E-state index contributed by atoms with van der Waals surface area (Å²) in [5.74, 6) is -0.949. The van der Waals surface area contributed by atoms with Crippen LogP contribution in [0.3, 0.4) is 0 Å². The van der Waals surface area contributed by atoms with Gasteiger partial charge in [0.1, 0.15) is 11.4 Å². The summed E-state index contributed by atoms with van der Waals surface area (Å²) in [4.78, 5) is 24.9. The van der Waals surface area contributed by atoms with Gasteiger partial charge in [-0.3, -0.25) is 15.0 Å². The molecule has 0 bridgehead atoms. The highest BCUT2D eigenvalue weighted by atomic mass is 16.1. The first-order chi connectivity index (χ1) is 12.8. The van der Waals surface area contributed by atoms with Crippen molar-refractivity contribution >= 4 is 28.6 Å². The maximum Gasteiger partial charge on any atom is 0.181 e. The number of Topliss-reactive ketones (excluding diaryl/α,β-unsaturated/α-hetero) is 2. The number of rotatable bonds is 3. The third kappa shape index (κ3) is 6.18. The summed E-state index contributed by atoms with van der Waals surface area (Å²) in [5.41, 5.74) is 10.3. The number of carbonyl (C=O) groups is 2. The zero-order valence-corrected chi connectivity index (χ0v) is 16.4. The summed E-state index contributed by atoms with van der Waals surface area (Å²) in [7, 11) is 0. The maximum absolute atomic E-state index is 10.1. The monoisotopic (exact) mass is 366 g/mol. The molecule has 0 aliphatic rings. The Morgan fingerprint density at radius 2 is 1.52 bits per heavy atom. The summed E-state index contributed by atoms with van der Waals surface area (Å²) >= 11 is 0. The number of imidazole rings is 1. The van der Waals surface area contributed by atoms with E-state index in [-0.39, 0.29) is 0 Å². The number of ketones is 2. The van der Waals surface area contributed by atoms with Crippen LogP contribution in [0.15, 0.2) is 48.8 Å². The number of pyridine rings is 1. The second kappa shape index (κ2) is 10.0. The first-order valence-corrected chi connectivity index (χ1v) is 8.69. The number of nitrogens with two attached hydrogens (primary N) is 1. The predicted octanol–water partition coefficient (Wildman–Crippen LogP) is 4.10. The lowest BCUT2D eigenvalue weighted by molar-refractivity contribution is -0.115. The third-order valence-corrected chi connectivity index (χ3v) is 3.51. The highest BCUT2D eigenvalue weighted by Gasteiger charge is 2.06. The number of nitrogen functional groups attached to an aromatic ring is 1. The molecule has 0 saturated heterocycles. The van der Waals surface area contributed by atoms with Crippen LogP contribution < -0.4 is 5.73 Å². The summed E-state index contributed by atoms with van der Waals surface area (Å²) < 4.78 is 2.04. The minimum atomic E-state index is -0.475. The van der Waals surface area contributed by atoms with Gasteiger partial charge < -0.3 is 10.1 Å². The van der Waals surface area contributed by atoms with Gasteiger partial charge in [0.05, 0.1) is 5.69 Å². The lowest BCUT2D eigenvalue weighted by Crippen LogP contribution is -2.16. The van der Waals surface area contributed by atoms with Gasteiger partial charge >= 0.3 is 0 Å². The number of aryl methyl sites for hydroxylation is 1. The van der Waals surface area contributed by atoms with Gasteiger partial charge in [0.25, 0.3) is 0 Å². The molecule has 2 aromatic heterocycles. The van der Waals surface area contributed by atoms with Gasteiger partial charge in [-0.25, -0.2) is 4.98 Å². The van der Waals surface area contributed by atoms with E-state index in [1.54, 1.807) is 0 Å². The van der Waals surface area contributed by atoms with Crippen LogP contribution in [0, 0.1) is 12.3 Å². The molecule has 0 unspecified atom stereocenters. The molecule has 2 heterocycles. The van der Waals surface area contributed by atoms with Crippen molar-refractivity contribution in [2.45, 2.75) is 34.6 Å². The number of hydrogen-bond acceptors (Lipinski definition) is 5. The van der Waals surface area contributed by atoms with Crippen molar-refractivity contribution in [2.24, 2.45) is 0 Å². The number of nitrogens with one attached hydrogen (secondary N) is 1. The molecule has 0 aliphatic heterocycles. The molecule has 0 spiro atoms. The van der Waals surface area contributed by atoms with Crippen LogP contribution in [0.4, 0.5) is 5.69 Å². The van der Waals surface area contributed by atoms with Crippen LogP contribution in [0.5, 0.6) is 0 Å². The second-order valence-electron chi connectivity index (χ2n) is 5.71. The molecule has 0 atom stereocenters. The Morgan fingerprint density at radius 3 is 2.00 bits per heavy atom. The largest absolute Gasteiger partial charge is 0.399 e. The Labute approximate surface area is 159 Å². The van der Waals surface area contributed by atoms with Crippen molar-refractivity contribution in [3.8, 4) is 11.3 Å². The number of hydrogen-bond donors (Lipinski definition) is 2. The van der Waals surface area contributed by atoms with Crippen molar-refractivity contribution in [1.82, 2.24) is 9.38 Å². The average Bonchev–Trinajstić information content (AvgIpc) is 3.06. The topological polar surface area (TPSA) is 101 Å². The van der Waals surface area contributed by atoms with Crippen molar-refractivity contribution in [3.63, 3.8) is 0 Å². The van der Waals surface area contributed by atoms with E-state index < -0.39 is 17.3 Å². The molecular formula is C21H26N4O2. The molecule has 3 rings (SSSR count). The zero-order chi connectivity index (χ0) is 20.6. The van der Waals surface area contributed by atoms with Crippen molar-refractivity contribution in [3.05, 3.63) is 54.4 Å². The highest BCUT2D eigenvalue weighted by molar-refractivity contribution is 6.64. The Morgan fingerprint density at radius 1 is 0.963 bits per heavy atom. The molecule has 6 heteroatoms. The van der Waals surface area contributed by atoms with Crippen LogP contribution >= 0.6 is 0 Å². The van der Waals surface area contributed by atoms with E-state index in [0.29, 0.717) is 0 Å². The first kappa shape index (κ1) is 21.8. The van der Waals surface area contributed by atoms with Crippen LogP contribution in [-0.2, 0) is 9.59 Å². The molecule has 0 amide bonds. The number of anilines is 1. The fourth-order valence-corrected chi connectivity index (χ4v) is 2.14. The Hall–Kier alpha value is -3.28. The van der Waals surface area contributed by atoms with E-state index >= 15 is 0 Å². The van der Waals surface area contributed by atoms with Crippen LogP contribution in [0.25, 0.3) is 16.9 Å². The van der Waals surface area contributed by atoms with Crippen LogP contribution in [0.1, 0.15) is 33.3 Å². The van der Waals surface area contributed by atoms with E-state index in [1.807, 2.05) is 54.8 Å². The lowest BCUT2D eigenvalue weighted by Gasteiger charge is -1.96. The highest BCUT2D eigenvalue weighted by Crippen LogP contribution is 2.20. The van der Waals surface area contributed by atoms with E-state index in [2.05, 4.69) is 24.2 Å². The first-order valence-electron chi connectivity index (χ1n) is 8.69. The quantitative estimate of drug-likeness (QED) is 0.414. The summed E-state index contributed by atoms with van der Waals surface area (Å²) in [6.07, 6.45) is 4.11. The van der Waals surface area contributed by atoms with Gasteiger partial charge in [0, 0.05) is 37.5 Å². The SMILES string of the molecule is CC.CC(=O)C(=N)C(C)=O.Cc1ccc2nc(-c3ccc(N)cc3)cn2c1. The molecular weight excluding hydrogens is 340 g/mol. The zero-order valence-electron chi connectivity index (χ0n) is 16.4. The summed E-state index contributed by atoms with van der Waals surface area (Å²) in [5, 5.41) is 6.70. The molecule has 6 nitrogen and oxygen atoms in total. The van der Waals surface area contributed by atoms with Gasteiger partial charge in [0.15, 0.2) is 11.6 Å². The van der Waals surface area contributed by atoms with Gasteiger partial charge in [-0.15, -0.1) is 0 Å². The molecule has 3 aromatic rings. The summed E-state index contributed by atoms with van der Waals surface area (Å²) in [6.45, 7) is 8.47. The van der Waals surface area contributed by atoms with Gasteiger partial charge in [0.2, 0.25) is 0 Å². The number of benzene rings is 1. The summed E-state index contributed by atoms with van der Waals surface area (Å²) in [6, 6.07) is 11.9. The Kier molecular flexibility index (Phi) is 8.07. The van der Waals surface area contributed by atoms with E-state index in [9.17, 15) is 9.59 Å². The van der Waals surface area contributed by atoms with E-state index in [0.717, 1.165) is 22.6 Å². The lowest BCUT2D eigenvalue weighted by atomic mass is 10.1. The third-order valence-electron chi connectivity index (χ3n) is 3.51. The van der Waals surface area contributed by atoms with Gasteiger partial charge in [-0.1, -0.05) is 32.0 Å². The second-order valence-corrected chi connectivity index (χ2v) is 5.71. The molecule has 0 fully saturated rings. The predicted molar refractivity (Wildman–Crippen MR) is 110 cm³/mol. The number of aromatic nitrogens is 2. The van der Waals surface area contributed by atoms with E-state index in [1.165, 1.54) is 19.4 Å². The standard InChI is InChI=1S/C14H13N3.C5H7NO2.C2H6/c1-10-2-7-14-16-13(9-17(14)8-10)11-3-5-12(15)6-4-11;1-3(7)5(6)4(2)8;1-2/h2-9H,15H2,1H3;6H,1-2H3;1-2H3. The fourth-order valence-electron chi connectivity index (χ4n) is 2.14. The Balaban J connectivity index is 0.000000312. The fraction of sp³-hybridized carbons (Fsp3) is 0.238. The average molecular weight is 366 g/mol. The van der Waals surface area contributed by atoms with Crippen LogP contribution in [-0.4, -0.2) is 26.7 Å². The molecule has 27 heavy (non-hydrogen) atoms. The minimum absolute atomic E-state index is 0.426. The molecule has 142 valence electrons. The Bertz CT molecular complexity index is 924. The molecule has 3 N–H and O–H groups in total. The number of nitrogens with zero attached hydrogens (tertiary/aromatic N) is 2. The smallest absolute Gasteiger partial charge is 0.181 e. The van der Waals surface area contributed by atoms with Crippen LogP contribution in [0.2, 0.25) is 0 Å².